The van der Waals surface area contributed by atoms with Crippen LogP contribution in [0, 0.1) is 12.8 Å². The third-order valence-electron chi connectivity index (χ3n) is 2.69. The highest BCUT2D eigenvalue weighted by molar-refractivity contribution is 5.74. The summed E-state index contributed by atoms with van der Waals surface area (Å²) in [5, 5.41) is 14.2. The van der Waals surface area contributed by atoms with Crippen LogP contribution in [0.3, 0.4) is 0 Å². The number of nitrogens with one attached hydrogen (secondary N) is 2. The van der Waals surface area contributed by atoms with E-state index in [1.807, 2.05) is 13.1 Å². The van der Waals surface area contributed by atoms with Crippen molar-refractivity contribution in [3.05, 3.63) is 18.2 Å². The summed E-state index contributed by atoms with van der Waals surface area (Å²) in [4.78, 5) is 15.6. The van der Waals surface area contributed by atoms with Crippen LogP contribution in [-0.2, 0) is 6.54 Å². The van der Waals surface area contributed by atoms with Gasteiger partial charge in [0.05, 0.1) is 12.6 Å². The van der Waals surface area contributed by atoms with E-state index in [0.717, 1.165) is 12.4 Å². The number of imidazole rings is 1. The van der Waals surface area contributed by atoms with Crippen molar-refractivity contribution >= 4 is 6.03 Å². The molecule has 0 aliphatic heterocycles. The van der Waals surface area contributed by atoms with E-state index < -0.39 is 0 Å². The Hall–Kier alpha value is -1.56. The largest absolute Gasteiger partial charge is 0.394 e. The number of aromatic nitrogens is 2. The topological polar surface area (TPSA) is 79.2 Å². The van der Waals surface area contributed by atoms with Crippen LogP contribution in [0.2, 0.25) is 0 Å². The molecule has 3 N–H and O–H groups in total. The Balaban J connectivity index is 2.27. The quantitative estimate of drug-likeness (QED) is 0.692. The van der Waals surface area contributed by atoms with Gasteiger partial charge in [0.1, 0.15) is 5.82 Å². The molecule has 2 atom stereocenters. The Kier molecular flexibility index (Phi) is 5.64. The molecule has 1 aromatic heterocycles. The summed E-state index contributed by atoms with van der Waals surface area (Å²) in [6, 6.07) is -0.470. The van der Waals surface area contributed by atoms with Gasteiger partial charge in [0.15, 0.2) is 0 Å². The smallest absolute Gasteiger partial charge is 0.315 e. The zero-order chi connectivity index (χ0) is 13.5. The molecule has 6 heteroatoms. The summed E-state index contributed by atoms with van der Waals surface area (Å²) >= 11 is 0. The number of aryl methyl sites for hydroxylation is 1. The Bertz CT molecular complexity index is 378. The highest BCUT2D eigenvalue weighted by atomic mass is 16.3. The molecule has 0 bridgehead atoms. The molecule has 0 aliphatic carbocycles. The fourth-order valence-electron chi connectivity index (χ4n) is 1.58. The molecule has 102 valence electrons. The maximum absolute atomic E-state index is 11.4. The van der Waals surface area contributed by atoms with Gasteiger partial charge in [-0.25, -0.2) is 9.78 Å². The molecule has 18 heavy (non-hydrogen) atoms. The van der Waals surface area contributed by atoms with Crippen LogP contribution in [0.15, 0.2) is 12.4 Å². The summed E-state index contributed by atoms with van der Waals surface area (Å²) < 4.78 is 2.06. The predicted molar refractivity (Wildman–Crippen MR) is 69.2 cm³/mol. The lowest BCUT2D eigenvalue weighted by molar-refractivity contribution is 0.219. The third-order valence-corrected chi connectivity index (χ3v) is 2.69. The van der Waals surface area contributed by atoms with Crippen LogP contribution in [0.25, 0.3) is 0 Å². The Labute approximate surface area is 107 Å². The van der Waals surface area contributed by atoms with Crippen LogP contribution in [-0.4, -0.2) is 39.9 Å². The molecule has 0 aliphatic rings. The number of aliphatic hydroxyl groups is 1. The van der Waals surface area contributed by atoms with Crippen molar-refractivity contribution in [3.8, 4) is 0 Å². The number of rotatable bonds is 6. The SMILES string of the molecule is Cc1nccn1CC(C)CNC(=O)NC(C)CO. The van der Waals surface area contributed by atoms with Crippen molar-refractivity contribution in [2.24, 2.45) is 5.92 Å². The lowest BCUT2D eigenvalue weighted by atomic mass is 10.2. The average molecular weight is 254 g/mol. The summed E-state index contributed by atoms with van der Waals surface area (Å²) in [6.07, 6.45) is 3.70. The van der Waals surface area contributed by atoms with Crippen LogP contribution in [0.5, 0.6) is 0 Å². The van der Waals surface area contributed by atoms with E-state index in [-0.39, 0.29) is 18.7 Å². The first kappa shape index (κ1) is 14.5. The number of aliphatic hydroxyl groups excluding tert-OH is 1. The van der Waals surface area contributed by atoms with Crippen LogP contribution < -0.4 is 10.6 Å². The van der Waals surface area contributed by atoms with Gasteiger partial charge in [-0.1, -0.05) is 6.92 Å². The van der Waals surface area contributed by atoms with Crippen molar-refractivity contribution in [1.29, 1.82) is 0 Å². The van der Waals surface area contributed by atoms with Crippen molar-refractivity contribution in [3.63, 3.8) is 0 Å². The number of amides is 2. The molecule has 1 heterocycles. The molecule has 1 rings (SSSR count). The fraction of sp³-hybridized carbons (Fsp3) is 0.667. The summed E-state index contributed by atoms with van der Waals surface area (Å²) in [5.74, 6) is 1.29. The minimum Gasteiger partial charge on any atom is -0.394 e. The van der Waals surface area contributed by atoms with Crippen LogP contribution in [0.1, 0.15) is 19.7 Å². The first-order chi connectivity index (χ1) is 8.52. The molecular formula is C12H22N4O2. The predicted octanol–water partition coefficient (Wildman–Crippen LogP) is 0.508. The lowest BCUT2D eigenvalue weighted by Crippen LogP contribution is -2.43. The molecule has 0 saturated carbocycles. The van der Waals surface area contributed by atoms with E-state index in [0.29, 0.717) is 12.5 Å². The van der Waals surface area contributed by atoms with Crippen LogP contribution >= 0.6 is 0 Å². The van der Waals surface area contributed by atoms with Gasteiger partial charge >= 0.3 is 6.03 Å². The molecule has 2 unspecified atom stereocenters. The van der Waals surface area contributed by atoms with E-state index in [4.69, 9.17) is 5.11 Å². The molecule has 6 nitrogen and oxygen atoms in total. The Morgan fingerprint density at radius 3 is 2.83 bits per heavy atom. The molecular weight excluding hydrogens is 232 g/mol. The number of urea groups is 1. The molecule has 2 amide bonds. The van der Waals surface area contributed by atoms with Gasteiger partial charge in [0.25, 0.3) is 0 Å². The normalized spacial score (nSPS) is 14.0. The van der Waals surface area contributed by atoms with Gasteiger partial charge in [0, 0.05) is 25.5 Å². The van der Waals surface area contributed by atoms with Gasteiger partial charge in [0.2, 0.25) is 0 Å². The van der Waals surface area contributed by atoms with Crippen molar-refractivity contribution < 1.29 is 9.90 Å². The number of carbonyl (C=O) groups excluding carboxylic acids is 1. The van der Waals surface area contributed by atoms with Gasteiger partial charge in [-0.2, -0.15) is 0 Å². The monoisotopic (exact) mass is 254 g/mol. The van der Waals surface area contributed by atoms with Crippen molar-refractivity contribution in [2.45, 2.75) is 33.4 Å². The second-order valence-corrected chi connectivity index (χ2v) is 4.67. The Morgan fingerprint density at radius 1 is 1.56 bits per heavy atom. The van der Waals surface area contributed by atoms with Gasteiger partial charge in [-0.15, -0.1) is 0 Å². The average Bonchev–Trinajstić information content (AvgIpc) is 2.72. The number of nitrogens with zero attached hydrogens (tertiary/aromatic N) is 2. The molecule has 1 aromatic rings. The van der Waals surface area contributed by atoms with Gasteiger partial charge in [-0.3, -0.25) is 0 Å². The molecule has 0 saturated heterocycles. The highest BCUT2D eigenvalue weighted by Gasteiger charge is 2.09. The summed E-state index contributed by atoms with van der Waals surface area (Å²) in [6.45, 7) is 7.11. The number of hydrogen-bond donors (Lipinski definition) is 3. The van der Waals surface area contributed by atoms with E-state index in [1.165, 1.54) is 0 Å². The first-order valence-corrected chi connectivity index (χ1v) is 6.16. The van der Waals surface area contributed by atoms with Crippen molar-refractivity contribution in [1.82, 2.24) is 20.2 Å². The maximum atomic E-state index is 11.4. The molecule has 0 aromatic carbocycles. The highest BCUT2D eigenvalue weighted by Crippen LogP contribution is 2.02. The minimum absolute atomic E-state index is 0.0583. The number of hydrogen-bond acceptors (Lipinski definition) is 3. The minimum atomic E-state index is -0.245. The van der Waals surface area contributed by atoms with E-state index in [9.17, 15) is 4.79 Å². The van der Waals surface area contributed by atoms with Crippen LogP contribution in [0.4, 0.5) is 4.79 Å². The number of carbonyl (C=O) groups is 1. The zero-order valence-electron chi connectivity index (χ0n) is 11.2. The van der Waals surface area contributed by atoms with E-state index in [2.05, 4.69) is 27.1 Å². The van der Waals surface area contributed by atoms with E-state index >= 15 is 0 Å². The lowest BCUT2D eigenvalue weighted by Gasteiger charge is -2.16. The van der Waals surface area contributed by atoms with Gasteiger partial charge in [-0.05, 0) is 19.8 Å². The molecule has 0 fully saturated rings. The van der Waals surface area contributed by atoms with Crippen molar-refractivity contribution in [2.75, 3.05) is 13.2 Å². The second-order valence-electron chi connectivity index (χ2n) is 4.67. The maximum Gasteiger partial charge on any atom is 0.315 e. The molecule has 0 radical (unpaired) electrons. The summed E-state index contributed by atoms with van der Waals surface area (Å²) in [7, 11) is 0. The standard InChI is InChI=1S/C12H22N4O2/c1-9(7-16-5-4-13-11(16)3)6-14-12(18)15-10(2)8-17/h4-5,9-10,17H,6-8H2,1-3H3,(H2,14,15,18). The third kappa shape index (κ3) is 4.75. The fourth-order valence-corrected chi connectivity index (χ4v) is 1.58. The van der Waals surface area contributed by atoms with E-state index in [1.54, 1.807) is 13.1 Å². The Morgan fingerprint density at radius 2 is 2.28 bits per heavy atom. The second kappa shape index (κ2) is 7.00. The summed E-state index contributed by atoms with van der Waals surface area (Å²) in [5.41, 5.74) is 0. The molecule has 0 spiro atoms. The first-order valence-electron chi connectivity index (χ1n) is 6.16. The van der Waals surface area contributed by atoms with Gasteiger partial charge < -0.3 is 20.3 Å². The zero-order valence-corrected chi connectivity index (χ0v) is 11.2.